The van der Waals surface area contributed by atoms with Crippen LogP contribution >= 0.6 is 0 Å². The Morgan fingerprint density at radius 1 is 1.67 bits per heavy atom. The molecule has 0 aliphatic rings. The van der Waals surface area contributed by atoms with E-state index in [1.165, 1.54) is 0 Å². The second-order valence-electron chi connectivity index (χ2n) is 3.43. The summed E-state index contributed by atoms with van der Waals surface area (Å²) in [5, 5.41) is 3.06. The molecule has 1 unspecified atom stereocenters. The van der Waals surface area contributed by atoms with E-state index in [1.54, 1.807) is 14.0 Å². The number of amides is 1. The van der Waals surface area contributed by atoms with Gasteiger partial charge in [0.05, 0.1) is 6.61 Å². The average Bonchev–Trinajstić information content (AvgIpc) is 1.85. The summed E-state index contributed by atoms with van der Waals surface area (Å²) in [6.07, 6.45) is 0. The van der Waals surface area contributed by atoms with Crippen LogP contribution in [0, 0.1) is 0 Å². The zero-order chi connectivity index (χ0) is 9.78. The quantitative estimate of drug-likeness (QED) is 0.610. The molecule has 0 saturated heterocycles. The number of rotatable bonds is 5. The number of nitrogens with two attached hydrogens (primary N) is 1. The van der Waals surface area contributed by atoms with Gasteiger partial charge in [0.15, 0.2) is 0 Å². The summed E-state index contributed by atoms with van der Waals surface area (Å²) in [4.78, 5) is 11.0. The molecule has 1 atom stereocenters. The summed E-state index contributed by atoms with van der Waals surface area (Å²) in [7, 11) is 1.54. The SMILES string of the molecule is COCC(C)(NC(C)C)C(N)=O. The van der Waals surface area contributed by atoms with Gasteiger partial charge >= 0.3 is 0 Å². The standard InChI is InChI=1S/C8H18N2O2/c1-6(2)10-8(3,5-12-4)7(9)11/h6,10H,5H2,1-4H3,(H2,9,11). The van der Waals surface area contributed by atoms with Crippen LogP contribution in [-0.4, -0.2) is 31.2 Å². The Hall–Kier alpha value is -0.610. The molecular weight excluding hydrogens is 156 g/mol. The summed E-state index contributed by atoms with van der Waals surface area (Å²) in [6.45, 7) is 5.94. The first kappa shape index (κ1) is 11.4. The van der Waals surface area contributed by atoms with Crippen molar-refractivity contribution in [3.8, 4) is 0 Å². The largest absolute Gasteiger partial charge is 0.382 e. The summed E-state index contributed by atoms with van der Waals surface area (Å²) < 4.78 is 4.91. The number of carbonyl (C=O) groups excluding carboxylic acids is 1. The van der Waals surface area contributed by atoms with Crippen molar-refractivity contribution in [2.24, 2.45) is 5.73 Å². The predicted octanol–water partition coefficient (Wildman–Crippen LogP) is -0.125. The van der Waals surface area contributed by atoms with Crippen LogP contribution in [0.4, 0.5) is 0 Å². The van der Waals surface area contributed by atoms with E-state index in [4.69, 9.17) is 10.5 Å². The van der Waals surface area contributed by atoms with E-state index in [9.17, 15) is 4.79 Å². The Labute approximate surface area is 73.5 Å². The Morgan fingerprint density at radius 2 is 2.17 bits per heavy atom. The van der Waals surface area contributed by atoms with Gasteiger partial charge in [0, 0.05) is 13.2 Å². The van der Waals surface area contributed by atoms with Crippen molar-refractivity contribution in [2.75, 3.05) is 13.7 Å². The number of hydrogen-bond acceptors (Lipinski definition) is 3. The van der Waals surface area contributed by atoms with Gasteiger partial charge in [0.2, 0.25) is 5.91 Å². The highest BCUT2D eigenvalue weighted by Gasteiger charge is 2.31. The monoisotopic (exact) mass is 174 g/mol. The number of carbonyl (C=O) groups is 1. The molecule has 0 aromatic rings. The summed E-state index contributed by atoms with van der Waals surface area (Å²) >= 11 is 0. The number of ether oxygens (including phenoxy) is 1. The minimum absolute atomic E-state index is 0.206. The second kappa shape index (κ2) is 4.42. The van der Waals surface area contributed by atoms with Gasteiger partial charge in [0.25, 0.3) is 0 Å². The maximum absolute atomic E-state index is 11.0. The first-order valence-corrected chi connectivity index (χ1v) is 3.99. The van der Waals surface area contributed by atoms with Crippen molar-refractivity contribution in [2.45, 2.75) is 32.4 Å². The lowest BCUT2D eigenvalue weighted by Gasteiger charge is -2.28. The van der Waals surface area contributed by atoms with Crippen molar-refractivity contribution in [3.63, 3.8) is 0 Å². The molecule has 4 nitrogen and oxygen atoms in total. The topological polar surface area (TPSA) is 64.3 Å². The lowest BCUT2D eigenvalue weighted by molar-refractivity contribution is -0.126. The Balaban J connectivity index is 4.28. The van der Waals surface area contributed by atoms with Crippen molar-refractivity contribution in [3.05, 3.63) is 0 Å². The lowest BCUT2D eigenvalue weighted by Crippen LogP contribution is -2.58. The molecule has 0 saturated carbocycles. The van der Waals surface area contributed by atoms with Crippen molar-refractivity contribution < 1.29 is 9.53 Å². The molecule has 0 aliphatic heterocycles. The van der Waals surface area contributed by atoms with Crippen LogP contribution in [-0.2, 0) is 9.53 Å². The maximum Gasteiger partial charge on any atom is 0.239 e. The molecule has 0 radical (unpaired) electrons. The average molecular weight is 174 g/mol. The third-order valence-electron chi connectivity index (χ3n) is 1.58. The highest BCUT2D eigenvalue weighted by Crippen LogP contribution is 2.04. The van der Waals surface area contributed by atoms with Crippen molar-refractivity contribution in [1.29, 1.82) is 0 Å². The van der Waals surface area contributed by atoms with Gasteiger partial charge in [-0.15, -0.1) is 0 Å². The van der Waals surface area contributed by atoms with Gasteiger partial charge in [-0.25, -0.2) is 0 Å². The molecule has 0 fully saturated rings. The van der Waals surface area contributed by atoms with Gasteiger partial charge in [-0.2, -0.15) is 0 Å². The number of hydrogen-bond donors (Lipinski definition) is 2. The van der Waals surface area contributed by atoms with E-state index >= 15 is 0 Å². The van der Waals surface area contributed by atoms with E-state index < -0.39 is 11.4 Å². The summed E-state index contributed by atoms with van der Waals surface area (Å²) in [5.74, 6) is -0.391. The van der Waals surface area contributed by atoms with E-state index in [-0.39, 0.29) is 6.04 Å². The summed E-state index contributed by atoms with van der Waals surface area (Å²) in [6, 6.07) is 0.206. The lowest BCUT2D eigenvalue weighted by atomic mass is 10.0. The van der Waals surface area contributed by atoms with Crippen LogP contribution in [0.2, 0.25) is 0 Å². The molecule has 0 rings (SSSR count). The van der Waals surface area contributed by atoms with Crippen LogP contribution in [0.5, 0.6) is 0 Å². The predicted molar refractivity (Wildman–Crippen MR) is 47.7 cm³/mol. The second-order valence-corrected chi connectivity index (χ2v) is 3.43. The minimum Gasteiger partial charge on any atom is -0.382 e. The van der Waals surface area contributed by atoms with Crippen LogP contribution in [0.1, 0.15) is 20.8 Å². The number of primary amides is 1. The normalized spacial score (nSPS) is 16.1. The Kier molecular flexibility index (Phi) is 4.20. The van der Waals surface area contributed by atoms with E-state index in [1.807, 2.05) is 13.8 Å². The highest BCUT2D eigenvalue weighted by atomic mass is 16.5. The fourth-order valence-corrected chi connectivity index (χ4v) is 1.11. The van der Waals surface area contributed by atoms with E-state index in [0.717, 1.165) is 0 Å². The molecule has 0 aromatic heterocycles. The van der Waals surface area contributed by atoms with Crippen LogP contribution < -0.4 is 11.1 Å². The first-order chi connectivity index (χ1) is 5.42. The highest BCUT2D eigenvalue weighted by molar-refractivity contribution is 5.84. The molecule has 0 bridgehead atoms. The minimum atomic E-state index is -0.761. The third-order valence-corrected chi connectivity index (χ3v) is 1.58. The van der Waals surface area contributed by atoms with Crippen LogP contribution in [0.25, 0.3) is 0 Å². The van der Waals surface area contributed by atoms with Crippen LogP contribution in [0.3, 0.4) is 0 Å². The molecule has 0 heterocycles. The number of nitrogens with one attached hydrogen (secondary N) is 1. The molecule has 0 aliphatic carbocycles. The third kappa shape index (κ3) is 3.19. The van der Waals surface area contributed by atoms with Crippen LogP contribution in [0.15, 0.2) is 0 Å². The smallest absolute Gasteiger partial charge is 0.239 e. The molecule has 4 heteroatoms. The maximum atomic E-state index is 11.0. The van der Waals surface area contributed by atoms with Gasteiger partial charge in [-0.05, 0) is 20.8 Å². The first-order valence-electron chi connectivity index (χ1n) is 3.99. The van der Waals surface area contributed by atoms with Gasteiger partial charge < -0.3 is 10.5 Å². The fourth-order valence-electron chi connectivity index (χ4n) is 1.11. The Bertz CT molecular complexity index is 159. The molecule has 12 heavy (non-hydrogen) atoms. The molecule has 3 N–H and O–H groups in total. The molecule has 72 valence electrons. The molecule has 0 aromatic carbocycles. The van der Waals surface area contributed by atoms with Gasteiger partial charge in [-0.1, -0.05) is 0 Å². The van der Waals surface area contributed by atoms with Gasteiger partial charge in [-0.3, -0.25) is 10.1 Å². The van der Waals surface area contributed by atoms with Crippen molar-refractivity contribution >= 4 is 5.91 Å². The zero-order valence-electron chi connectivity index (χ0n) is 8.18. The summed E-state index contributed by atoms with van der Waals surface area (Å²) in [5.41, 5.74) is 4.46. The van der Waals surface area contributed by atoms with Gasteiger partial charge in [0.1, 0.15) is 5.54 Å². The molecule has 1 amide bonds. The van der Waals surface area contributed by atoms with Crippen molar-refractivity contribution in [1.82, 2.24) is 5.32 Å². The van der Waals surface area contributed by atoms with E-state index in [2.05, 4.69) is 5.32 Å². The van der Waals surface area contributed by atoms with E-state index in [0.29, 0.717) is 6.61 Å². The Morgan fingerprint density at radius 3 is 2.42 bits per heavy atom. The molecular formula is C8H18N2O2. The fraction of sp³-hybridized carbons (Fsp3) is 0.875. The number of methoxy groups -OCH3 is 1. The molecule has 0 spiro atoms. The zero-order valence-corrected chi connectivity index (χ0v) is 8.18.